The molecule has 0 amide bonds. The molecule has 1 atom stereocenters. The lowest BCUT2D eigenvalue weighted by atomic mass is 9.77. The van der Waals surface area contributed by atoms with Gasteiger partial charge in [0.15, 0.2) is 0 Å². The second kappa shape index (κ2) is 5.72. The highest BCUT2D eigenvalue weighted by Crippen LogP contribution is 2.38. The van der Waals surface area contributed by atoms with Crippen molar-refractivity contribution in [2.75, 3.05) is 13.2 Å². The highest BCUT2D eigenvalue weighted by atomic mass is 16.5. The molecule has 0 aromatic heterocycles. The van der Waals surface area contributed by atoms with Crippen molar-refractivity contribution in [2.24, 2.45) is 11.7 Å². The summed E-state index contributed by atoms with van der Waals surface area (Å²) in [5, 5.41) is 0. The van der Waals surface area contributed by atoms with E-state index in [1.165, 1.54) is 32.1 Å². The van der Waals surface area contributed by atoms with Crippen LogP contribution >= 0.6 is 0 Å². The van der Waals surface area contributed by atoms with Crippen LogP contribution in [-0.4, -0.2) is 18.8 Å². The van der Waals surface area contributed by atoms with Crippen LogP contribution in [-0.2, 0) is 4.74 Å². The molecule has 0 saturated heterocycles. The van der Waals surface area contributed by atoms with Crippen molar-refractivity contribution in [1.29, 1.82) is 0 Å². The fourth-order valence-corrected chi connectivity index (χ4v) is 2.20. The summed E-state index contributed by atoms with van der Waals surface area (Å²) in [7, 11) is 0. The zero-order chi connectivity index (χ0) is 10.4. The minimum absolute atomic E-state index is 0.177. The molecule has 1 aliphatic carbocycles. The Morgan fingerprint density at radius 3 is 2.57 bits per heavy atom. The first-order valence-electron chi connectivity index (χ1n) is 6.06. The molecule has 0 heterocycles. The van der Waals surface area contributed by atoms with Crippen LogP contribution in [0.1, 0.15) is 52.4 Å². The van der Waals surface area contributed by atoms with E-state index < -0.39 is 0 Å². The third kappa shape index (κ3) is 3.25. The molecule has 1 unspecified atom stereocenters. The summed E-state index contributed by atoms with van der Waals surface area (Å²) in [6.07, 6.45) is 7.35. The molecule has 2 N–H and O–H groups in total. The molecule has 0 spiro atoms. The average molecular weight is 199 g/mol. The Labute approximate surface area is 88.2 Å². The maximum Gasteiger partial charge on any atom is 0.0694 e. The molecule has 0 aromatic carbocycles. The third-order valence-corrected chi connectivity index (χ3v) is 3.32. The summed E-state index contributed by atoms with van der Waals surface area (Å²) in [4.78, 5) is 0. The van der Waals surface area contributed by atoms with Gasteiger partial charge in [-0.3, -0.25) is 0 Å². The minimum atomic E-state index is 0.177. The fourth-order valence-electron chi connectivity index (χ4n) is 2.20. The van der Waals surface area contributed by atoms with Gasteiger partial charge in [0.25, 0.3) is 0 Å². The van der Waals surface area contributed by atoms with Gasteiger partial charge in [0.2, 0.25) is 0 Å². The molecule has 1 saturated carbocycles. The van der Waals surface area contributed by atoms with Gasteiger partial charge in [0.1, 0.15) is 0 Å². The topological polar surface area (TPSA) is 35.2 Å². The molecule has 0 radical (unpaired) electrons. The lowest BCUT2D eigenvalue weighted by Gasteiger charge is -2.42. The van der Waals surface area contributed by atoms with Gasteiger partial charge in [0, 0.05) is 6.61 Å². The van der Waals surface area contributed by atoms with E-state index in [-0.39, 0.29) is 5.60 Å². The van der Waals surface area contributed by atoms with Crippen LogP contribution in [0.25, 0.3) is 0 Å². The number of hydrogen-bond donors (Lipinski definition) is 1. The van der Waals surface area contributed by atoms with E-state index in [4.69, 9.17) is 10.5 Å². The molecule has 84 valence electrons. The van der Waals surface area contributed by atoms with Crippen molar-refractivity contribution >= 4 is 0 Å². The van der Waals surface area contributed by atoms with Crippen molar-refractivity contribution in [3.63, 3.8) is 0 Å². The summed E-state index contributed by atoms with van der Waals surface area (Å²) in [5.74, 6) is 0.704. The van der Waals surface area contributed by atoms with Crippen LogP contribution in [0, 0.1) is 5.92 Å². The van der Waals surface area contributed by atoms with Crippen molar-refractivity contribution in [3.8, 4) is 0 Å². The lowest BCUT2D eigenvalue weighted by Crippen LogP contribution is -2.42. The summed E-state index contributed by atoms with van der Waals surface area (Å²) in [5.41, 5.74) is 5.79. The lowest BCUT2D eigenvalue weighted by molar-refractivity contribution is -0.113. The Hall–Kier alpha value is -0.0800. The monoisotopic (exact) mass is 199 g/mol. The SMILES string of the molecule is CCCC(C)COC1(CCN)CCC1. The van der Waals surface area contributed by atoms with E-state index in [1.807, 2.05) is 0 Å². The average Bonchev–Trinajstić information content (AvgIpc) is 2.10. The van der Waals surface area contributed by atoms with E-state index in [0.29, 0.717) is 5.92 Å². The van der Waals surface area contributed by atoms with Crippen molar-refractivity contribution in [1.82, 2.24) is 0 Å². The Morgan fingerprint density at radius 1 is 1.43 bits per heavy atom. The standard InChI is InChI=1S/C12H25NO/c1-3-5-11(2)10-14-12(8-9-13)6-4-7-12/h11H,3-10,13H2,1-2H3. The molecular formula is C12H25NO. The Balaban J connectivity index is 2.20. The van der Waals surface area contributed by atoms with E-state index in [9.17, 15) is 0 Å². The first-order chi connectivity index (χ1) is 6.72. The molecule has 1 rings (SSSR count). The first-order valence-corrected chi connectivity index (χ1v) is 6.06. The van der Waals surface area contributed by atoms with Crippen molar-refractivity contribution < 1.29 is 4.74 Å². The Morgan fingerprint density at radius 2 is 2.14 bits per heavy atom. The van der Waals surface area contributed by atoms with Crippen LogP contribution in [0.3, 0.4) is 0 Å². The summed E-state index contributed by atoms with van der Waals surface area (Å²) >= 11 is 0. The van der Waals surface area contributed by atoms with Gasteiger partial charge in [-0.1, -0.05) is 20.3 Å². The van der Waals surface area contributed by atoms with Gasteiger partial charge >= 0.3 is 0 Å². The van der Waals surface area contributed by atoms with Gasteiger partial charge in [0.05, 0.1) is 5.60 Å². The Bertz CT molecular complexity index is 154. The Kier molecular flexibility index (Phi) is 4.90. The first kappa shape index (κ1) is 12.0. The van der Waals surface area contributed by atoms with E-state index in [1.54, 1.807) is 0 Å². The molecule has 2 heteroatoms. The van der Waals surface area contributed by atoms with Gasteiger partial charge in [-0.25, -0.2) is 0 Å². The maximum atomic E-state index is 6.04. The largest absolute Gasteiger partial charge is 0.375 e. The van der Waals surface area contributed by atoms with Crippen molar-refractivity contribution in [2.45, 2.75) is 58.0 Å². The second-order valence-electron chi connectivity index (χ2n) is 4.78. The molecule has 0 aromatic rings. The highest BCUT2D eigenvalue weighted by molar-refractivity contribution is 4.90. The third-order valence-electron chi connectivity index (χ3n) is 3.32. The normalized spacial score (nSPS) is 21.6. The smallest absolute Gasteiger partial charge is 0.0694 e. The zero-order valence-electron chi connectivity index (χ0n) is 9.72. The van der Waals surface area contributed by atoms with Crippen LogP contribution in [0.5, 0.6) is 0 Å². The summed E-state index contributed by atoms with van der Waals surface area (Å²) in [6, 6.07) is 0. The molecule has 1 aliphatic rings. The highest BCUT2D eigenvalue weighted by Gasteiger charge is 2.37. The molecule has 0 bridgehead atoms. The van der Waals surface area contributed by atoms with Crippen LogP contribution in [0.2, 0.25) is 0 Å². The van der Waals surface area contributed by atoms with Crippen molar-refractivity contribution in [3.05, 3.63) is 0 Å². The number of ether oxygens (including phenoxy) is 1. The molecule has 0 aliphatic heterocycles. The second-order valence-corrected chi connectivity index (χ2v) is 4.78. The number of hydrogen-bond acceptors (Lipinski definition) is 2. The number of nitrogens with two attached hydrogens (primary N) is 1. The molecule has 14 heavy (non-hydrogen) atoms. The predicted octanol–water partition coefficient (Wildman–Crippen LogP) is 2.71. The molecule has 2 nitrogen and oxygen atoms in total. The van der Waals surface area contributed by atoms with Crippen LogP contribution in [0.15, 0.2) is 0 Å². The summed E-state index contributed by atoms with van der Waals surface area (Å²) < 4.78 is 6.04. The summed E-state index contributed by atoms with van der Waals surface area (Å²) in [6.45, 7) is 6.20. The van der Waals surface area contributed by atoms with Gasteiger partial charge in [-0.05, 0) is 44.6 Å². The van der Waals surface area contributed by atoms with E-state index in [2.05, 4.69) is 13.8 Å². The van der Waals surface area contributed by atoms with Gasteiger partial charge in [-0.2, -0.15) is 0 Å². The quantitative estimate of drug-likeness (QED) is 0.684. The minimum Gasteiger partial charge on any atom is -0.375 e. The molecule has 1 fully saturated rings. The van der Waals surface area contributed by atoms with Gasteiger partial charge < -0.3 is 10.5 Å². The van der Waals surface area contributed by atoms with Crippen LogP contribution < -0.4 is 5.73 Å². The predicted molar refractivity (Wildman–Crippen MR) is 60.3 cm³/mol. The van der Waals surface area contributed by atoms with E-state index >= 15 is 0 Å². The number of rotatable bonds is 7. The molecular weight excluding hydrogens is 174 g/mol. The van der Waals surface area contributed by atoms with Gasteiger partial charge in [-0.15, -0.1) is 0 Å². The zero-order valence-corrected chi connectivity index (χ0v) is 9.72. The maximum absolute atomic E-state index is 6.04. The fraction of sp³-hybridized carbons (Fsp3) is 1.00. The van der Waals surface area contributed by atoms with Crippen LogP contribution in [0.4, 0.5) is 0 Å². The van der Waals surface area contributed by atoms with E-state index in [0.717, 1.165) is 19.6 Å².